The first-order valence-corrected chi connectivity index (χ1v) is 9.27. The number of benzene rings is 2. The summed E-state index contributed by atoms with van der Waals surface area (Å²) in [5.41, 5.74) is 1.19. The van der Waals surface area contributed by atoms with Crippen LogP contribution in [0.1, 0.15) is 18.5 Å². The van der Waals surface area contributed by atoms with Gasteiger partial charge in [0, 0.05) is 16.7 Å². The number of aromatic nitrogens is 2. The van der Waals surface area contributed by atoms with Gasteiger partial charge in [-0.15, -0.1) is 0 Å². The van der Waals surface area contributed by atoms with Crippen molar-refractivity contribution in [2.75, 3.05) is 23.8 Å². The Hall–Kier alpha value is -2.60. The van der Waals surface area contributed by atoms with E-state index in [0.29, 0.717) is 19.1 Å². The van der Waals surface area contributed by atoms with Gasteiger partial charge in [-0.1, -0.05) is 46.3 Å². The zero-order chi connectivity index (χ0) is 18.2. The van der Waals surface area contributed by atoms with E-state index in [2.05, 4.69) is 55.6 Å². The second kappa shape index (κ2) is 9.20. The zero-order valence-corrected chi connectivity index (χ0v) is 16.1. The van der Waals surface area contributed by atoms with Gasteiger partial charge in [0.15, 0.2) is 0 Å². The van der Waals surface area contributed by atoms with Crippen molar-refractivity contribution in [2.45, 2.75) is 13.0 Å². The Kier molecular flexibility index (Phi) is 6.44. The van der Waals surface area contributed by atoms with E-state index < -0.39 is 0 Å². The summed E-state index contributed by atoms with van der Waals surface area (Å²) in [6.45, 7) is 3.27. The van der Waals surface area contributed by atoms with E-state index in [9.17, 15) is 0 Å². The standard InChI is InChI=1S/C20H21BrN4O/c1-15(16-7-9-17(21)10-8-16)24-19-11-12-22-20(25-19)23-13-14-26-18-5-3-2-4-6-18/h2-12,15H,13-14H2,1H3,(H2,22,23,24,25)/t15-/m0/s1. The monoisotopic (exact) mass is 412 g/mol. The number of halogens is 1. The van der Waals surface area contributed by atoms with Crippen LogP contribution in [-0.2, 0) is 0 Å². The van der Waals surface area contributed by atoms with E-state index in [1.54, 1.807) is 6.20 Å². The first kappa shape index (κ1) is 18.2. The van der Waals surface area contributed by atoms with Crippen LogP contribution in [0.4, 0.5) is 11.8 Å². The van der Waals surface area contributed by atoms with Crippen LogP contribution >= 0.6 is 15.9 Å². The average molecular weight is 413 g/mol. The highest BCUT2D eigenvalue weighted by molar-refractivity contribution is 9.10. The zero-order valence-electron chi connectivity index (χ0n) is 14.5. The van der Waals surface area contributed by atoms with E-state index in [0.717, 1.165) is 16.0 Å². The van der Waals surface area contributed by atoms with Crippen LogP contribution in [0.15, 0.2) is 71.3 Å². The van der Waals surface area contributed by atoms with Gasteiger partial charge in [0.2, 0.25) is 5.95 Å². The van der Waals surface area contributed by atoms with Crippen LogP contribution in [0.25, 0.3) is 0 Å². The molecule has 2 N–H and O–H groups in total. The van der Waals surface area contributed by atoms with Crippen molar-refractivity contribution in [1.29, 1.82) is 0 Å². The molecule has 0 saturated heterocycles. The Bertz CT molecular complexity index is 812. The Morgan fingerprint density at radius 2 is 1.81 bits per heavy atom. The number of anilines is 2. The molecular formula is C20H21BrN4O. The molecule has 0 aliphatic carbocycles. The van der Waals surface area contributed by atoms with E-state index in [1.807, 2.05) is 48.5 Å². The minimum absolute atomic E-state index is 0.146. The van der Waals surface area contributed by atoms with Gasteiger partial charge in [-0.25, -0.2) is 4.98 Å². The SMILES string of the molecule is C[C@H](Nc1ccnc(NCCOc2ccccc2)n1)c1ccc(Br)cc1. The number of nitrogens with one attached hydrogen (secondary N) is 2. The molecule has 26 heavy (non-hydrogen) atoms. The lowest BCUT2D eigenvalue weighted by Gasteiger charge is -2.15. The maximum Gasteiger partial charge on any atom is 0.224 e. The number of hydrogen-bond donors (Lipinski definition) is 2. The smallest absolute Gasteiger partial charge is 0.224 e. The molecule has 0 aliphatic heterocycles. The summed E-state index contributed by atoms with van der Waals surface area (Å²) in [6, 6.07) is 20.0. The van der Waals surface area contributed by atoms with Gasteiger partial charge in [0.1, 0.15) is 18.2 Å². The van der Waals surface area contributed by atoms with Crippen molar-refractivity contribution >= 4 is 27.7 Å². The maximum atomic E-state index is 5.65. The summed E-state index contributed by atoms with van der Waals surface area (Å²) in [6.07, 6.45) is 1.74. The fourth-order valence-electron chi connectivity index (χ4n) is 2.43. The van der Waals surface area contributed by atoms with Crippen molar-refractivity contribution in [3.8, 4) is 5.75 Å². The van der Waals surface area contributed by atoms with Crippen molar-refractivity contribution in [2.24, 2.45) is 0 Å². The van der Waals surface area contributed by atoms with Crippen LogP contribution in [0, 0.1) is 0 Å². The Morgan fingerprint density at radius 3 is 2.58 bits per heavy atom. The third kappa shape index (κ3) is 5.46. The van der Waals surface area contributed by atoms with Gasteiger partial charge < -0.3 is 15.4 Å². The topological polar surface area (TPSA) is 59.1 Å². The number of nitrogens with zero attached hydrogens (tertiary/aromatic N) is 2. The molecule has 0 amide bonds. The predicted molar refractivity (Wildman–Crippen MR) is 109 cm³/mol. The molecule has 0 unspecified atom stereocenters. The second-order valence-corrected chi connectivity index (χ2v) is 6.69. The summed E-state index contributed by atoms with van der Waals surface area (Å²) < 4.78 is 6.72. The van der Waals surface area contributed by atoms with E-state index in [4.69, 9.17) is 4.74 Å². The highest BCUT2D eigenvalue weighted by atomic mass is 79.9. The molecule has 2 aromatic carbocycles. The molecule has 1 atom stereocenters. The lowest BCUT2D eigenvalue weighted by Crippen LogP contribution is -2.14. The maximum absolute atomic E-state index is 5.65. The minimum Gasteiger partial charge on any atom is -0.492 e. The molecule has 134 valence electrons. The van der Waals surface area contributed by atoms with Crippen LogP contribution in [-0.4, -0.2) is 23.1 Å². The van der Waals surface area contributed by atoms with Crippen LogP contribution in [0.3, 0.4) is 0 Å². The fourth-order valence-corrected chi connectivity index (χ4v) is 2.69. The van der Waals surface area contributed by atoms with Crippen molar-refractivity contribution in [3.63, 3.8) is 0 Å². The average Bonchev–Trinajstić information content (AvgIpc) is 2.67. The first-order chi connectivity index (χ1) is 12.7. The fraction of sp³-hybridized carbons (Fsp3) is 0.200. The van der Waals surface area contributed by atoms with Crippen molar-refractivity contribution in [1.82, 2.24) is 9.97 Å². The van der Waals surface area contributed by atoms with Gasteiger partial charge in [-0.05, 0) is 42.8 Å². The van der Waals surface area contributed by atoms with Crippen molar-refractivity contribution in [3.05, 3.63) is 76.9 Å². The van der Waals surface area contributed by atoms with Crippen LogP contribution in [0.2, 0.25) is 0 Å². The molecule has 1 aromatic heterocycles. The number of hydrogen-bond acceptors (Lipinski definition) is 5. The molecule has 0 bridgehead atoms. The van der Waals surface area contributed by atoms with Gasteiger partial charge in [-0.2, -0.15) is 4.98 Å². The number of rotatable bonds is 8. The molecule has 3 aromatic rings. The van der Waals surface area contributed by atoms with E-state index >= 15 is 0 Å². The summed E-state index contributed by atoms with van der Waals surface area (Å²) in [7, 11) is 0. The molecular weight excluding hydrogens is 392 g/mol. The lowest BCUT2D eigenvalue weighted by molar-refractivity contribution is 0.332. The molecule has 0 spiro atoms. The molecule has 0 radical (unpaired) electrons. The molecule has 0 fully saturated rings. The number of para-hydroxylation sites is 1. The minimum atomic E-state index is 0.146. The third-order valence-corrected chi connectivity index (χ3v) is 4.32. The summed E-state index contributed by atoms with van der Waals surface area (Å²) in [5, 5.41) is 6.58. The third-order valence-electron chi connectivity index (χ3n) is 3.79. The van der Waals surface area contributed by atoms with Crippen LogP contribution < -0.4 is 15.4 Å². The first-order valence-electron chi connectivity index (χ1n) is 8.47. The Balaban J connectivity index is 1.50. The molecule has 0 aliphatic rings. The van der Waals surface area contributed by atoms with E-state index in [1.165, 1.54) is 5.56 Å². The predicted octanol–water partition coefficient (Wildman–Crippen LogP) is 4.90. The molecule has 3 rings (SSSR count). The Morgan fingerprint density at radius 1 is 1.04 bits per heavy atom. The second-order valence-electron chi connectivity index (χ2n) is 5.77. The molecule has 0 saturated carbocycles. The highest BCUT2D eigenvalue weighted by Crippen LogP contribution is 2.20. The largest absolute Gasteiger partial charge is 0.492 e. The van der Waals surface area contributed by atoms with Gasteiger partial charge >= 0.3 is 0 Å². The molecule has 5 nitrogen and oxygen atoms in total. The normalized spacial score (nSPS) is 11.6. The highest BCUT2D eigenvalue weighted by Gasteiger charge is 2.07. The lowest BCUT2D eigenvalue weighted by atomic mass is 10.1. The molecule has 1 heterocycles. The van der Waals surface area contributed by atoms with Gasteiger partial charge in [-0.3, -0.25) is 0 Å². The van der Waals surface area contributed by atoms with Gasteiger partial charge in [0.25, 0.3) is 0 Å². The molecule has 6 heteroatoms. The summed E-state index contributed by atoms with van der Waals surface area (Å²) in [4.78, 5) is 8.75. The van der Waals surface area contributed by atoms with Crippen LogP contribution in [0.5, 0.6) is 5.75 Å². The Labute approximate surface area is 162 Å². The van der Waals surface area contributed by atoms with Gasteiger partial charge in [0.05, 0.1) is 6.54 Å². The summed E-state index contributed by atoms with van der Waals surface area (Å²) in [5.74, 6) is 2.21. The van der Waals surface area contributed by atoms with Crippen molar-refractivity contribution < 1.29 is 4.74 Å². The number of ether oxygens (including phenoxy) is 1. The summed E-state index contributed by atoms with van der Waals surface area (Å²) >= 11 is 3.46. The quantitative estimate of drug-likeness (QED) is 0.515. The van der Waals surface area contributed by atoms with E-state index in [-0.39, 0.29) is 6.04 Å².